The Bertz CT molecular complexity index is 1210. The zero-order chi connectivity index (χ0) is 24.4. The Balaban J connectivity index is 1.31. The third-order valence-corrected chi connectivity index (χ3v) is 7.02. The molecule has 0 bridgehead atoms. The maximum atomic E-state index is 12.4. The second-order valence-corrected chi connectivity index (χ2v) is 9.06. The Morgan fingerprint density at radius 2 is 1.94 bits per heavy atom. The summed E-state index contributed by atoms with van der Waals surface area (Å²) in [5.74, 6) is 2.08. The molecule has 2 aromatic carbocycles. The summed E-state index contributed by atoms with van der Waals surface area (Å²) in [5.41, 5.74) is 2.85. The molecule has 0 radical (unpaired) electrons. The van der Waals surface area contributed by atoms with Crippen LogP contribution in [0.4, 0.5) is 5.69 Å². The normalized spacial score (nSPS) is 20.0. The number of morpholine rings is 1. The number of hydrogen-bond donors (Lipinski definition) is 1. The Labute approximate surface area is 205 Å². The first kappa shape index (κ1) is 23.4. The van der Waals surface area contributed by atoms with Gasteiger partial charge in [-0.1, -0.05) is 6.07 Å². The number of nitrogens with one attached hydrogen (secondary N) is 1. The standard InChI is InChI=1S/C27H32N4O4/c1-18-26(27(32)28-2)22-7-5-20(17-24(22)30(18)3)35-25-8-9-29-23-16-19(4-6-21(23)25)34-15-12-31-10-13-33-14-11-31/h4-9,16-18,26H,10-15H2,1-3H3,(H,28,32). The minimum absolute atomic E-state index is 0.0277. The Hall–Kier alpha value is -3.36. The number of ether oxygens (including phenoxy) is 3. The van der Waals surface area contributed by atoms with Gasteiger partial charge in [0.25, 0.3) is 0 Å². The number of fused-ring (bicyclic) bond motifs is 2. The van der Waals surface area contributed by atoms with Gasteiger partial charge in [-0.05, 0) is 36.8 Å². The lowest BCUT2D eigenvalue weighted by Crippen LogP contribution is -2.38. The van der Waals surface area contributed by atoms with E-state index in [2.05, 4.69) is 27.0 Å². The fourth-order valence-electron chi connectivity index (χ4n) is 4.90. The summed E-state index contributed by atoms with van der Waals surface area (Å²) >= 11 is 0. The van der Waals surface area contributed by atoms with E-state index in [1.165, 1.54) is 0 Å². The summed E-state index contributed by atoms with van der Waals surface area (Å²) in [7, 11) is 3.69. The fraction of sp³-hybridized carbons (Fsp3) is 0.407. The SMILES string of the molecule is CNC(=O)C1c2ccc(Oc3ccnc4cc(OCCN5CCOCC5)ccc34)cc2N(C)C1C. The van der Waals surface area contributed by atoms with Gasteiger partial charge < -0.3 is 24.4 Å². The molecule has 35 heavy (non-hydrogen) atoms. The van der Waals surface area contributed by atoms with Crippen molar-refractivity contribution in [3.8, 4) is 17.2 Å². The molecule has 0 saturated carbocycles. The Morgan fingerprint density at radius 1 is 1.14 bits per heavy atom. The second kappa shape index (κ2) is 10.1. The maximum Gasteiger partial charge on any atom is 0.229 e. The molecule has 2 atom stereocenters. The fourth-order valence-corrected chi connectivity index (χ4v) is 4.90. The van der Waals surface area contributed by atoms with Crippen LogP contribution in [0.3, 0.4) is 0 Å². The molecule has 184 valence electrons. The van der Waals surface area contributed by atoms with Gasteiger partial charge in [0.15, 0.2) is 0 Å². The third-order valence-electron chi connectivity index (χ3n) is 7.02. The molecule has 1 amide bonds. The van der Waals surface area contributed by atoms with Crippen molar-refractivity contribution in [3.63, 3.8) is 0 Å². The van der Waals surface area contributed by atoms with Gasteiger partial charge >= 0.3 is 0 Å². The van der Waals surface area contributed by atoms with E-state index in [1.54, 1.807) is 13.2 Å². The number of pyridine rings is 1. The molecule has 5 rings (SSSR count). The molecule has 2 aliphatic rings. The van der Waals surface area contributed by atoms with Crippen LogP contribution in [-0.4, -0.2) is 75.4 Å². The number of rotatable bonds is 7. The summed E-state index contributed by atoms with van der Waals surface area (Å²) in [6, 6.07) is 13.8. The number of nitrogens with zero attached hydrogens (tertiary/aromatic N) is 3. The lowest BCUT2D eigenvalue weighted by atomic mass is 9.95. The Morgan fingerprint density at radius 3 is 2.74 bits per heavy atom. The number of hydrogen-bond acceptors (Lipinski definition) is 7. The highest BCUT2D eigenvalue weighted by atomic mass is 16.5. The summed E-state index contributed by atoms with van der Waals surface area (Å²) in [5, 5.41) is 3.70. The van der Waals surface area contributed by atoms with Gasteiger partial charge in [0.2, 0.25) is 5.91 Å². The molecule has 0 spiro atoms. The predicted molar refractivity (Wildman–Crippen MR) is 136 cm³/mol. The summed E-state index contributed by atoms with van der Waals surface area (Å²) in [4.78, 5) is 21.4. The molecular weight excluding hydrogens is 444 g/mol. The lowest BCUT2D eigenvalue weighted by Gasteiger charge is -2.26. The van der Waals surface area contributed by atoms with Crippen molar-refractivity contribution >= 4 is 22.5 Å². The maximum absolute atomic E-state index is 12.4. The van der Waals surface area contributed by atoms with Gasteiger partial charge in [-0.3, -0.25) is 14.7 Å². The molecule has 8 heteroatoms. The van der Waals surface area contributed by atoms with Crippen molar-refractivity contribution in [1.82, 2.24) is 15.2 Å². The molecule has 1 aromatic heterocycles. The van der Waals surface area contributed by atoms with Gasteiger partial charge in [-0.25, -0.2) is 0 Å². The largest absolute Gasteiger partial charge is 0.492 e. The van der Waals surface area contributed by atoms with Crippen molar-refractivity contribution in [2.45, 2.75) is 18.9 Å². The smallest absolute Gasteiger partial charge is 0.229 e. The zero-order valence-corrected chi connectivity index (χ0v) is 20.5. The van der Waals surface area contributed by atoms with E-state index in [0.717, 1.165) is 72.3 Å². The van der Waals surface area contributed by atoms with Crippen LogP contribution in [-0.2, 0) is 9.53 Å². The highest BCUT2D eigenvalue weighted by Crippen LogP contribution is 2.43. The minimum Gasteiger partial charge on any atom is -0.492 e. The number of carbonyl (C=O) groups is 1. The van der Waals surface area contributed by atoms with E-state index in [1.807, 2.05) is 49.5 Å². The molecule has 0 aliphatic carbocycles. The van der Waals surface area contributed by atoms with Gasteiger partial charge in [-0.2, -0.15) is 0 Å². The number of amides is 1. The molecule has 1 saturated heterocycles. The third kappa shape index (κ3) is 4.76. The van der Waals surface area contributed by atoms with E-state index in [0.29, 0.717) is 6.61 Å². The van der Waals surface area contributed by atoms with Crippen LogP contribution < -0.4 is 19.7 Å². The number of carbonyl (C=O) groups excluding carboxylic acids is 1. The highest BCUT2D eigenvalue weighted by molar-refractivity contribution is 5.89. The van der Waals surface area contributed by atoms with E-state index < -0.39 is 0 Å². The van der Waals surface area contributed by atoms with Crippen LogP contribution in [0, 0.1) is 0 Å². The van der Waals surface area contributed by atoms with Crippen LogP contribution in [0.2, 0.25) is 0 Å². The van der Waals surface area contributed by atoms with Crippen molar-refractivity contribution in [2.24, 2.45) is 0 Å². The van der Waals surface area contributed by atoms with E-state index in [9.17, 15) is 4.79 Å². The first-order chi connectivity index (χ1) is 17.0. The van der Waals surface area contributed by atoms with Crippen molar-refractivity contribution < 1.29 is 19.0 Å². The average molecular weight is 477 g/mol. The molecule has 2 aliphatic heterocycles. The minimum atomic E-state index is -0.197. The molecule has 1 N–H and O–H groups in total. The van der Waals surface area contributed by atoms with E-state index >= 15 is 0 Å². The monoisotopic (exact) mass is 476 g/mol. The first-order valence-electron chi connectivity index (χ1n) is 12.1. The highest BCUT2D eigenvalue weighted by Gasteiger charge is 2.38. The van der Waals surface area contributed by atoms with Crippen LogP contribution in [0.25, 0.3) is 10.9 Å². The number of anilines is 1. The van der Waals surface area contributed by atoms with Crippen molar-refractivity contribution in [1.29, 1.82) is 0 Å². The first-order valence-corrected chi connectivity index (χ1v) is 12.1. The lowest BCUT2D eigenvalue weighted by molar-refractivity contribution is -0.122. The second-order valence-electron chi connectivity index (χ2n) is 9.06. The molecular formula is C27H32N4O4. The van der Waals surface area contributed by atoms with Gasteiger partial charge in [-0.15, -0.1) is 0 Å². The van der Waals surface area contributed by atoms with Crippen molar-refractivity contribution in [3.05, 3.63) is 54.2 Å². The number of aromatic nitrogens is 1. The van der Waals surface area contributed by atoms with Crippen LogP contribution in [0.5, 0.6) is 17.2 Å². The Kier molecular flexibility index (Phi) is 6.74. The predicted octanol–water partition coefficient (Wildman–Crippen LogP) is 3.41. The number of likely N-dealkylation sites (N-methyl/N-ethyl adjacent to an activating group) is 2. The summed E-state index contributed by atoms with van der Waals surface area (Å²) in [6.45, 7) is 7.05. The quantitative estimate of drug-likeness (QED) is 0.560. The summed E-state index contributed by atoms with van der Waals surface area (Å²) < 4.78 is 17.7. The van der Waals surface area contributed by atoms with Crippen LogP contribution in [0.15, 0.2) is 48.7 Å². The van der Waals surface area contributed by atoms with Gasteiger partial charge in [0.05, 0.1) is 24.6 Å². The van der Waals surface area contributed by atoms with Crippen LogP contribution in [0.1, 0.15) is 18.4 Å². The average Bonchev–Trinajstić information content (AvgIpc) is 3.13. The topological polar surface area (TPSA) is 76.2 Å². The molecule has 8 nitrogen and oxygen atoms in total. The molecule has 1 fully saturated rings. The van der Waals surface area contributed by atoms with E-state index in [4.69, 9.17) is 14.2 Å². The van der Waals surface area contributed by atoms with Gasteiger partial charge in [0, 0.05) is 69.2 Å². The zero-order valence-electron chi connectivity index (χ0n) is 20.5. The summed E-state index contributed by atoms with van der Waals surface area (Å²) in [6.07, 6.45) is 1.75. The van der Waals surface area contributed by atoms with Crippen molar-refractivity contribution in [2.75, 3.05) is 58.5 Å². The number of benzene rings is 2. The van der Waals surface area contributed by atoms with Crippen LogP contribution >= 0.6 is 0 Å². The van der Waals surface area contributed by atoms with Gasteiger partial charge in [0.1, 0.15) is 23.9 Å². The molecule has 3 aromatic rings. The van der Waals surface area contributed by atoms with E-state index in [-0.39, 0.29) is 17.9 Å². The molecule has 2 unspecified atom stereocenters. The molecule has 3 heterocycles.